The van der Waals surface area contributed by atoms with E-state index >= 15 is 0 Å². The summed E-state index contributed by atoms with van der Waals surface area (Å²) in [6.07, 6.45) is 5.35. The van der Waals surface area contributed by atoms with Gasteiger partial charge in [0, 0.05) is 23.5 Å². The van der Waals surface area contributed by atoms with Crippen molar-refractivity contribution in [2.75, 3.05) is 5.73 Å². The minimum Gasteiger partial charge on any atom is -0.383 e. The maximum absolute atomic E-state index is 6.07. The van der Waals surface area contributed by atoms with Crippen LogP contribution in [-0.2, 0) is 0 Å². The average molecular weight is 369 g/mol. The SMILES string of the molecule is Cc1nn(C(C)c2cc3ccccn3c2-c2ccccn2)c2ncnc(N)c12. The van der Waals surface area contributed by atoms with E-state index in [1.54, 1.807) is 0 Å². The molecule has 0 aliphatic rings. The van der Waals surface area contributed by atoms with Crippen LogP contribution >= 0.6 is 0 Å². The number of aryl methyl sites for hydroxylation is 1. The number of aromatic nitrogens is 6. The first-order valence-electron chi connectivity index (χ1n) is 9.12. The van der Waals surface area contributed by atoms with E-state index in [0.29, 0.717) is 5.82 Å². The third-order valence-corrected chi connectivity index (χ3v) is 5.13. The zero-order valence-corrected chi connectivity index (χ0v) is 15.6. The molecule has 0 aliphatic heterocycles. The van der Waals surface area contributed by atoms with E-state index in [2.05, 4.69) is 44.6 Å². The molecular formula is C21H19N7. The average Bonchev–Trinajstić information content (AvgIpc) is 3.27. The largest absolute Gasteiger partial charge is 0.383 e. The molecule has 0 radical (unpaired) electrons. The van der Waals surface area contributed by atoms with Crippen molar-refractivity contribution in [3.8, 4) is 11.4 Å². The highest BCUT2D eigenvalue weighted by molar-refractivity contribution is 5.88. The van der Waals surface area contributed by atoms with Crippen LogP contribution in [0.25, 0.3) is 27.9 Å². The van der Waals surface area contributed by atoms with E-state index in [9.17, 15) is 0 Å². The summed E-state index contributed by atoms with van der Waals surface area (Å²) in [7, 11) is 0. The van der Waals surface area contributed by atoms with Crippen molar-refractivity contribution in [1.29, 1.82) is 0 Å². The summed E-state index contributed by atoms with van der Waals surface area (Å²) in [6, 6.07) is 14.2. The number of nitrogens with two attached hydrogens (primary N) is 1. The van der Waals surface area contributed by atoms with Gasteiger partial charge in [0.05, 0.1) is 28.5 Å². The maximum Gasteiger partial charge on any atom is 0.164 e. The number of pyridine rings is 2. The Labute approximate surface area is 161 Å². The van der Waals surface area contributed by atoms with Gasteiger partial charge in [-0.05, 0) is 44.2 Å². The molecular weight excluding hydrogens is 350 g/mol. The molecule has 0 amide bonds. The van der Waals surface area contributed by atoms with E-state index in [1.165, 1.54) is 6.33 Å². The minimum atomic E-state index is -0.0672. The molecule has 5 rings (SSSR count). The van der Waals surface area contributed by atoms with Crippen LogP contribution in [0.15, 0.2) is 61.2 Å². The second-order valence-electron chi connectivity index (χ2n) is 6.82. The highest BCUT2D eigenvalue weighted by Crippen LogP contribution is 2.34. The summed E-state index contributed by atoms with van der Waals surface area (Å²) in [5.41, 5.74) is 11.8. The topological polar surface area (TPSA) is 86.9 Å². The van der Waals surface area contributed by atoms with Crippen LogP contribution in [0.4, 0.5) is 5.82 Å². The Morgan fingerprint density at radius 1 is 1.04 bits per heavy atom. The molecule has 7 heteroatoms. The lowest BCUT2D eigenvalue weighted by molar-refractivity contribution is 0.576. The molecule has 1 atom stereocenters. The van der Waals surface area contributed by atoms with Crippen LogP contribution in [0.3, 0.4) is 0 Å². The zero-order chi connectivity index (χ0) is 19.3. The number of hydrogen-bond acceptors (Lipinski definition) is 5. The van der Waals surface area contributed by atoms with Crippen LogP contribution in [0, 0.1) is 6.92 Å². The molecule has 0 fully saturated rings. The standard InChI is InChI=1S/C21H19N7/c1-13-18-20(22)24-12-25-21(18)28(26-13)14(2)16-11-15-7-4-6-10-27(15)19(16)17-8-3-5-9-23-17/h3-12,14H,1-2H3,(H2,22,24,25). The van der Waals surface area contributed by atoms with Gasteiger partial charge in [-0.15, -0.1) is 0 Å². The van der Waals surface area contributed by atoms with E-state index in [0.717, 1.165) is 39.2 Å². The number of hydrogen-bond donors (Lipinski definition) is 1. The van der Waals surface area contributed by atoms with Crippen LogP contribution in [0.5, 0.6) is 0 Å². The maximum atomic E-state index is 6.07. The Morgan fingerprint density at radius 2 is 1.89 bits per heavy atom. The van der Waals surface area contributed by atoms with Crippen LogP contribution < -0.4 is 5.73 Å². The molecule has 0 saturated heterocycles. The molecule has 2 N–H and O–H groups in total. The summed E-state index contributed by atoms with van der Waals surface area (Å²) in [5, 5.41) is 5.54. The van der Waals surface area contributed by atoms with E-state index in [-0.39, 0.29) is 6.04 Å². The fourth-order valence-electron chi connectivity index (χ4n) is 3.81. The van der Waals surface area contributed by atoms with E-state index in [4.69, 9.17) is 10.8 Å². The van der Waals surface area contributed by atoms with Crippen molar-refractivity contribution in [3.63, 3.8) is 0 Å². The molecule has 0 aliphatic carbocycles. The first-order valence-corrected chi connectivity index (χ1v) is 9.12. The fourth-order valence-corrected chi connectivity index (χ4v) is 3.81. The van der Waals surface area contributed by atoms with Crippen molar-refractivity contribution in [3.05, 3.63) is 72.4 Å². The molecule has 28 heavy (non-hydrogen) atoms. The Balaban J connectivity index is 1.78. The van der Waals surface area contributed by atoms with Crippen LogP contribution in [0.2, 0.25) is 0 Å². The summed E-state index contributed by atoms with van der Waals surface area (Å²) in [4.78, 5) is 13.2. The van der Waals surface area contributed by atoms with Crippen LogP contribution in [0.1, 0.15) is 24.2 Å². The van der Waals surface area contributed by atoms with Gasteiger partial charge >= 0.3 is 0 Å². The molecule has 0 saturated carbocycles. The Kier molecular flexibility index (Phi) is 3.61. The summed E-state index contributed by atoms with van der Waals surface area (Å²) in [5.74, 6) is 0.452. The highest BCUT2D eigenvalue weighted by Gasteiger charge is 2.23. The zero-order valence-electron chi connectivity index (χ0n) is 15.6. The molecule has 5 heterocycles. The van der Waals surface area contributed by atoms with Crippen molar-refractivity contribution < 1.29 is 0 Å². The molecule has 5 aromatic heterocycles. The Hall–Kier alpha value is -3.74. The Morgan fingerprint density at radius 3 is 2.71 bits per heavy atom. The highest BCUT2D eigenvalue weighted by atomic mass is 15.3. The molecule has 5 aromatic rings. The third kappa shape index (κ3) is 2.36. The predicted molar refractivity (Wildman–Crippen MR) is 109 cm³/mol. The Bertz CT molecular complexity index is 1300. The first-order chi connectivity index (χ1) is 13.6. The van der Waals surface area contributed by atoms with Gasteiger partial charge in [-0.1, -0.05) is 12.1 Å². The lowest BCUT2D eigenvalue weighted by atomic mass is 10.1. The first kappa shape index (κ1) is 16.4. The molecule has 1 unspecified atom stereocenters. The van der Waals surface area contributed by atoms with Gasteiger partial charge in [0.1, 0.15) is 12.1 Å². The molecule has 0 bridgehead atoms. The normalized spacial score (nSPS) is 12.6. The number of rotatable bonds is 3. The van der Waals surface area contributed by atoms with Crippen molar-refractivity contribution in [1.82, 2.24) is 29.1 Å². The van der Waals surface area contributed by atoms with Gasteiger partial charge in [-0.3, -0.25) is 4.98 Å². The summed E-state index contributed by atoms with van der Waals surface area (Å²) in [6.45, 7) is 4.05. The molecule has 7 nitrogen and oxygen atoms in total. The molecule has 0 spiro atoms. The van der Waals surface area contributed by atoms with Crippen molar-refractivity contribution in [2.45, 2.75) is 19.9 Å². The lowest BCUT2D eigenvalue weighted by Crippen LogP contribution is -2.10. The van der Waals surface area contributed by atoms with Crippen LogP contribution in [-0.4, -0.2) is 29.1 Å². The van der Waals surface area contributed by atoms with Crippen molar-refractivity contribution in [2.24, 2.45) is 0 Å². The quantitative estimate of drug-likeness (QED) is 0.525. The predicted octanol–water partition coefficient (Wildman–Crippen LogP) is 3.64. The molecule has 138 valence electrons. The second-order valence-corrected chi connectivity index (χ2v) is 6.82. The van der Waals surface area contributed by atoms with Gasteiger partial charge in [0.2, 0.25) is 0 Å². The van der Waals surface area contributed by atoms with Gasteiger partial charge in [0.15, 0.2) is 5.65 Å². The second kappa shape index (κ2) is 6.16. The summed E-state index contributed by atoms with van der Waals surface area (Å²) < 4.78 is 4.08. The number of nitrogens with zero attached hydrogens (tertiary/aromatic N) is 6. The lowest BCUT2D eigenvalue weighted by Gasteiger charge is -2.15. The smallest absolute Gasteiger partial charge is 0.164 e. The number of anilines is 1. The monoisotopic (exact) mass is 369 g/mol. The van der Waals surface area contributed by atoms with E-state index < -0.39 is 0 Å². The number of nitrogen functional groups attached to an aromatic ring is 1. The third-order valence-electron chi connectivity index (χ3n) is 5.13. The van der Waals surface area contributed by atoms with Crippen molar-refractivity contribution >= 4 is 22.4 Å². The number of fused-ring (bicyclic) bond motifs is 2. The minimum absolute atomic E-state index is 0.0672. The van der Waals surface area contributed by atoms with Gasteiger partial charge < -0.3 is 10.1 Å². The van der Waals surface area contributed by atoms with Gasteiger partial charge in [-0.25, -0.2) is 14.6 Å². The van der Waals surface area contributed by atoms with E-state index in [1.807, 2.05) is 48.1 Å². The van der Waals surface area contributed by atoms with Gasteiger partial charge in [0.25, 0.3) is 0 Å². The summed E-state index contributed by atoms with van der Waals surface area (Å²) >= 11 is 0. The molecule has 0 aromatic carbocycles. The fraction of sp³-hybridized carbons (Fsp3) is 0.143. The van der Waals surface area contributed by atoms with Gasteiger partial charge in [-0.2, -0.15) is 5.10 Å².